The summed E-state index contributed by atoms with van der Waals surface area (Å²) in [6.07, 6.45) is 0. The van der Waals surface area contributed by atoms with E-state index in [4.69, 9.17) is 16.9 Å². The third kappa shape index (κ3) is 3.43. The maximum absolute atomic E-state index is 13.5. The van der Waals surface area contributed by atoms with Crippen LogP contribution in [0.15, 0.2) is 36.4 Å². The number of halogens is 3. The normalized spacial score (nSPS) is 10.0. The highest BCUT2D eigenvalue weighted by atomic mass is 35.5. The molecule has 1 N–H and O–H groups in total. The Bertz CT molecular complexity index is 630. The first-order valence-corrected chi connectivity index (χ1v) is 5.85. The Morgan fingerprint density at radius 1 is 1.16 bits per heavy atom. The number of hydrogen-bond acceptors (Lipinski definition) is 2. The van der Waals surface area contributed by atoms with Gasteiger partial charge in [-0.05, 0) is 36.4 Å². The molecule has 0 aromatic heterocycles. The molecule has 19 heavy (non-hydrogen) atoms. The lowest BCUT2D eigenvalue weighted by Gasteiger charge is -2.08. The van der Waals surface area contributed by atoms with Crippen LogP contribution in [0.25, 0.3) is 0 Å². The molecular weight excluding hydrogens is 270 g/mol. The summed E-state index contributed by atoms with van der Waals surface area (Å²) in [5.74, 6) is -0.893. The first-order chi connectivity index (χ1) is 9.08. The van der Waals surface area contributed by atoms with E-state index >= 15 is 0 Å². The zero-order valence-corrected chi connectivity index (χ0v) is 10.5. The van der Waals surface area contributed by atoms with Gasteiger partial charge in [0.05, 0.1) is 11.6 Å². The Hall–Kier alpha value is -2.12. The van der Waals surface area contributed by atoms with Crippen LogP contribution in [0.2, 0.25) is 5.02 Å². The number of nitriles is 1. The quantitative estimate of drug-likeness (QED) is 0.917. The minimum absolute atomic E-state index is 0.140. The highest BCUT2D eigenvalue weighted by molar-refractivity contribution is 6.30. The fourth-order valence-corrected chi connectivity index (χ4v) is 1.85. The molecule has 0 saturated heterocycles. The van der Waals surface area contributed by atoms with E-state index in [9.17, 15) is 8.78 Å². The molecule has 2 aromatic rings. The number of rotatable bonds is 3. The molecule has 0 aliphatic rings. The molecule has 0 fully saturated rings. The van der Waals surface area contributed by atoms with Gasteiger partial charge in [0.25, 0.3) is 0 Å². The van der Waals surface area contributed by atoms with Crippen molar-refractivity contribution in [3.8, 4) is 6.07 Å². The molecule has 5 heteroatoms. The summed E-state index contributed by atoms with van der Waals surface area (Å²) in [6.45, 7) is 0.140. The van der Waals surface area contributed by atoms with E-state index < -0.39 is 11.6 Å². The lowest BCUT2D eigenvalue weighted by Crippen LogP contribution is -2.02. The van der Waals surface area contributed by atoms with Crippen molar-refractivity contribution in [1.29, 1.82) is 5.26 Å². The number of nitrogens with one attached hydrogen (secondary N) is 1. The second-order valence-corrected chi connectivity index (χ2v) is 4.37. The Labute approximate surface area is 114 Å². The molecule has 0 spiro atoms. The second kappa shape index (κ2) is 5.68. The van der Waals surface area contributed by atoms with E-state index in [1.807, 2.05) is 6.07 Å². The van der Waals surface area contributed by atoms with E-state index in [1.54, 1.807) is 0 Å². The van der Waals surface area contributed by atoms with Crippen LogP contribution in [0.3, 0.4) is 0 Å². The summed E-state index contributed by atoms with van der Waals surface area (Å²) in [6, 6.07) is 10.00. The van der Waals surface area contributed by atoms with Crippen molar-refractivity contribution >= 4 is 17.3 Å². The van der Waals surface area contributed by atoms with Crippen molar-refractivity contribution in [1.82, 2.24) is 0 Å². The van der Waals surface area contributed by atoms with Crippen LogP contribution in [0.4, 0.5) is 14.5 Å². The zero-order valence-electron chi connectivity index (χ0n) is 9.75. The average Bonchev–Trinajstić information content (AvgIpc) is 2.37. The number of anilines is 1. The molecule has 2 nitrogen and oxygen atoms in total. The molecule has 0 heterocycles. The first kappa shape index (κ1) is 13.3. The number of nitrogens with zero attached hydrogens (tertiary/aromatic N) is 1. The van der Waals surface area contributed by atoms with Crippen molar-refractivity contribution in [2.75, 3.05) is 5.32 Å². The fourth-order valence-electron chi connectivity index (χ4n) is 1.63. The molecule has 96 valence electrons. The van der Waals surface area contributed by atoms with Gasteiger partial charge in [0.1, 0.15) is 11.6 Å². The van der Waals surface area contributed by atoms with E-state index in [-0.39, 0.29) is 11.6 Å². The topological polar surface area (TPSA) is 35.8 Å². The molecule has 0 atom stereocenters. The summed E-state index contributed by atoms with van der Waals surface area (Å²) < 4.78 is 26.6. The molecule has 2 aromatic carbocycles. The van der Waals surface area contributed by atoms with Crippen LogP contribution < -0.4 is 5.32 Å². The summed E-state index contributed by atoms with van der Waals surface area (Å²) in [5, 5.41) is 11.9. The molecule has 0 saturated carbocycles. The van der Waals surface area contributed by atoms with Gasteiger partial charge in [-0.25, -0.2) is 8.78 Å². The third-order valence-electron chi connectivity index (χ3n) is 2.52. The van der Waals surface area contributed by atoms with Crippen LogP contribution in [-0.2, 0) is 6.54 Å². The van der Waals surface area contributed by atoms with Crippen molar-refractivity contribution < 1.29 is 8.78 Å². The van der Waals surface area contributed by atoms with Gasteiger partial charge in [-0.15, -0.1) is 0 Å². The van der Waals surface area contributed by atoms with Gasteiger partial charge in [0.2, 0.25) is 0 Å². The molecule has 0 unspecified atom stereocenters. The molecule has 0 aliphatic carbocycles. The van der Waals surface area contributed by atoms with Crippen molar-refractivity contribution in [3.05, 3.63) is 64.2 Å². The Morgan fingerprint density at radius 3 is 2.63 bits per heavy atom. The summed E-state index contributed by atoms with van der Waals surface area (Å²) in [7, 11) is 0. The van der Waals surface area contributed by atoms with Gasteiger partial charge in [-0.3, -0.25) is 0 Å². The van der Waals surface area contributed by atoms with Crippen molar-refractivity contribution in [3.63, 3.8) is 0 Å². The Morgan fingerprint density at radius 2 is 1.95 bits per heavy atom. The second-order valence-electron chi connectivity index (χ2n) is 3.93. The van der Waals surface area contributed by atoms with E-state index in [1.165, 1.54) is 36.4 Å². The van der Waals surface area contributed by atoms with E-state index in [0.29, 0.717) is 16.8 Å². The Kier molecular flexibility index (Phi) is 3.98. The molecule has 0 bridgehead atoms. The lowest BCUT2D eigenvalue weighted by molar-refractivity contribution is 0.612. The van der Waals surface area contributed by atoms with Crippen molar-refractivity contribution in [2.24, 2.45) is 0 Å². The minimum Gasteiger partial charge on any atom is -0.381 e. The van der Waals surface area contributed by atoms with Gasteiger partial charge in [0, 0.05) is 22.8 Å². The van der Waals surface area contributed by atoms with E-state index in [2.05, 4.69) is 5.32 Å². The summed E-state index contributed by atoms with van der Waals surface area (Å²) in [4.78, 5) is 0. The van der Waals surface area contributed by atoms with Crippen LogP contribution in [-0.4, -0.2) is 0 Å². The monoisotopic (exact) mass is 278 g/mol. The first-order valence-electron chi connectivity index (χ1n) is 5.47. The lowest BCUT2D eigenvalue weighted by atomic mass is 10.1. The van der Waals surface area contributed by atoms with Gasteiger partial charge < -0.3 is 5.32 Å². The van der Waals surface area contributed by atoms with Crippen LogP contribution in [0.5, 0.6) is 0 Å². The zero-order chi connectivity index (χ0) is 13.8. The maximum atomic E-state index is 13.5. The van der Waals surface area contributed by atoms with Gasteiger partial charge in [-0.2, -0.15) is 5.26 Å². The number of hydrogen-bond donors (Lipinski definition) is 1. The molecule has 2 rings (SSSR count). The van der Waals surface area contributed by atoms with Crippen molar-refractivity contribution in [2.45, 2.75) is 6.54 Å². The fraction of sp³-hybridized carbons (Fsp3) is 0.0714. The predicted octanol–water partition coefficient (Wildman–Crippen LogP) is 4.10. The minimum atomic E-state index is -0.471. The predicted molar refractivity (Wildman–Crippen MR) is 69.9 cm³/mol. The van der Waals surface area contributed by atoms with Crippen LogP contribution in [0, 0.1) is 23.0 Å². The molecule has 0 radical (unpaired) electrons. The summed E-state index contributed by atoms with van der Waals surface area (Å²) in [5.41, 5.74) is 1.15. The summed E-state index contributed by atoms with van der Waals surface area (Å²) >= 11 is 5.71. The Balaban J connectivity index is 2.16. The third-order valence-corrected chi connectivity index (χ3v) is 2.74. The molecule has 0 aliphatic heterocycles. The van der Waals surface area contributed by atoms with Gasteiger partial charge in [-0.1, -0.05) is 11.6 Å². The van der Waals surface area contributed by atoms with Crippen LogP contribution >= 0.6 is 11.6 Å². The van der Waals surface area contributed by atoms with Gasteiger partial charge in [0.15, 0.2) is 0 Å². The highest BCUT2D eigenvalue weighted by Gasteiger charge is 2.05. The molecular formula is C14H9ClF2N2. The largest absolute Gasteiger partial charge is 0.381 e. The molecule has 0 amide bonds. The average molecular weight is 279 g/mol. The van der Waals surface area contributed by atoms with Crippen LogP contribution in [0.1, 0.15) is 11.1 Å². The van der Waals surface area contributed by atoms with E-state index in [0.717, 1.165) is 0 Å². The highest BCUT2D eigenvalue weighted by Crippen LogP contribution is 2.19. The SMILES string of the molecule is N#Cc1ccc(F)c(CNc2cc(F)cc(Cl)c2)c1. The smallest absolute Gasteiger partial charge is 0.128 e. The number of benzene rings is 2. The van der Waals surface area contributed by atoms with Gasteiger partial charge >= 0.3 is 0 Å². The maximum Gasteiger partial charge on any atom is 0.128 e. The standard InChI is InChI=1S/C14H9ClF2N2/c15-11-4-12(16)6-13(5-11)19-8-10-3-9(7-18)1-2-14(10)17/h1-6,19H,8H2.